The Bertz CT molecular complexity index is 2360. The molecule has 5 aromatic carbocycles. The average Bonchev–Trinajstić information content (AvgIpc) is 3.66. The Kier molecular flexibility index (Phi) is 7.37. The van der Waals surface area contributed by atoms with Crippen molar-refractivity contribution in [3.05, 3.63) is 72.3 Å². The molecule has 0 saturated carbocycles. The molecule has 49 heavy (non-hydrogen) atoms. The first-order valence-electron chi connectivity index (χ1n) is 18.9. The molecule has 0 radical (unpaired) electrons. The zero-order valence-electron chi connectivity index (χ0n) is 30.1. The summed E-state index contributed by atoms with van der Waals surface area (Å²) in [7, 11) is 0. The number of piperidine rings is 2. The van der Waals surface area contributed by atoms with E-state index in [-0.39, 0.29) is 0 Å². The monoisotopic (exact) mass is 650 g/mol. The highest BCUT2D eigenvalue weighted by molar-refractivity contribution is 6.22. The van der Waals surface area contributed by atoms with Crippen molar-refractivity contribution < 1.29 is 8.83 Å². The first-order chi connectivity index (χ1) is 23.7. The molecule has 0 N–H and O–H groups in total. The number of nitrogens with zero attached hydrogens (tertiary/aromatic N) is 2. The van der Waals surface area contributed by atoms with Crippen LogP contribution in [-0.4, -0.2) is 26.2 Å². The molecule has 0 bridgehead atoms. The van der Waals surface area contributed by atoms with Gasteiger partial charge in [-0.15, -0.1) is 0 Å². The van der Waals surface area contributed by atoms with Gasteiger partial charge in [-0.25, -0.2) is 0 Å². The molecule has 2 saturated heterocycles. The highest BCUT2D eigenvalue weighted by atomic mass is 16.4. The van der Waals surface area contributed by atoms with Gasteiger partial charge in [0.1, 0.15) is 11.2 Å². The fourth-order valence-electron chi connectivity index (χ4n) is 9.16. The van der Waals surface area contributed by atoms with Gasteiger partial charge in [0.2, 0.25) is 0 Å². The van der Waals surface area contributed by atoms with Gasteiger partial charge in [0.25, 0.3) is 0 Å². The van der Waals surface area contributed by atoms with Gasteiger partial charge in [-0.2, -0.15) is 0 Å². The number of benzene rings is 5. The van der Waals surface area contributed by atoms with E-state index in [1.807, 2.05) is 0 Å². The maximum atomic E-state index is 6.83. The lowest BCUT2D eigenvalue weighted by Crippen LogP contribution is -2.35. The van der Waals surface area contributed by atoms with Crippen molar-refractivity contribution in [2.75, 3.05) is 36.0 Å². The average molecular weight is 651 g/mol. The standard InChI is InChI=1S/C45H50N2O2/c1-26(2)29-11-15-46(16-12-29)35-9-7-31-21-38-39-25-37(28(5)6)43-40-22-32-8-10-36(47-17-13-30(14-18-47)27(3)4)20-34(32)24-42(40)49-45(43)44(39)48-41(38)23-33(31)19-35/h7-10,19-30H,11-18H2,1-6H3. The minimum atomic E-state index is 0.340. The van der Waals surface area contributed by atoms with Crippen LogP contribution in [0.4, 0.5) is 11.4 Å². The van der Waals surface area contributed by atoms with Crippen molar-refractivity contribution in [3.8, 4) is 0 Å². The van der Waals surface area contributed by atoms with Crippen LogP contribution in [0, 0.1) is 23.7 Å². The molecule has 2 aromatic heterocycles. The summed E-state index contributed by atoms with van der Waals surface area (Å²) >= 11 is 0. The van der Waals surface area contributed by atoms with Crippen LogP contribution in [0.1, 0.15) is 78.7 Å². The molecule has 2 aliphatic rings. The van der Waals surface area contributed by atoms with Crippen LogP contribution >= 0.6 is 0 Å². The molecule has 2 aliphatic heterocycles. The second-order valence-electron chi connectivity index (χ2n) is 16.3. The SMILES string of the molecule is CC(C)c1cc2c3cc4ccc(N5CCC(C(C)C)CC5)cc4cc3oc2c2oc3cc4cc(N5CCC(C(C)C)CC5)ccc4cc3c12. The van der Waals surface area contributed by atoms with Gasteiger partial charge in [0.05, 0.1) is 0 Å². The molecule has 0 spiro atoms. The summed E-state index contributed by atoms with van der Waals surface area (Å²) in [5, 5.41) is 9.64. The number of furan rings is 2. The minimum Gasteiger partial charge on any atom is -0.452 e. The third-order valence-corrected chi connectivity index (χ3v) is 12.4. The van der Waals surface area contributed by atoms with Gasteiger partial charge in [0, 0.05) is 59.1 Å². The molecular formula is C45H50N2O2. The number of anilines is 2. The summed E-state index contributed by atoms with van der Waals surface area (Å²) in [5.74, 6) is 3.55. The largest absolute Gasteiger partial charge is 0.452 e. The fraction of sp³-hybridized carbons (Fsp3) is 0.422. The van der Waals surface area contributed by atoms with Crippen LogP contribution in [0.2, 0.25) is 0 Å². The molecule has 0 aliphatic carbocycles. The Morgan fingerprint density at radius 1 is 0.510 bits per heavy atom. The lowest BCUT2D eigenvalue weighted by atomic mass is 9.86. The summed E-state index contributed by atoms with van der Waals surface area (Å²) in [6.07, 6.45) is 5.10. The van der Waals surface area contributed by atoms with Crippen LogP contribution in [-0.2, 0) is 0 Å². The van der Waals surface area contributed by atoms with E-state index in [1.54, 1.807) is 0 Å². The Morgan fingerprint density at radius 3 is 1.51 bits per heavy atom. The molecule has 0 amide bonds. The molecule has 4 nitrogen and oxygen atoms in total. The topological polar surface area (TPSA) is 32.8 Å². The van der Waals surface area contributed by atoms with Gasteiger partial charge in [-0.3, -0.25) is 0 Å². The number of hydrogen-bond acceptors (Lipinski definition) is 4. The number of hydrogen-bond donors (Lipinski definition) is 0. The van der Waals surface area contributed by atoms with Crippen LogP contribution < -0.4 is 9.80 Å². The van der Waals surface area contributed by atoms with Crippen molar-refractivity contribution >= 4 is 76.8 Å². The summed E-state index contributed by atoms with van der Waals surface area (Å²) in [5.41, 5.74) is 7.55. The van der Waals surface area contributed by atoms with E-state index in [0.717, 1.165) is 83.0 Å². The quantitative estimate of drug-likeness (QED) is 0.186. The van der Waals surface area contributed by atoms with Crippen molar-refractivity contribution in [1.29, 1.82) is 0 Å². The van der Waals surface area contributed by atoms with Crippen LogP contribution in [0.15, 0.2) is 75.6 Å². The summed E-state index contributed by atoms with van der Waals surface area (Å²) in [6.45, 7) is 18.6. The van der Waals surface area contributed by atoms with Crippen molar-refractivity contribution in [2.24, 2.45) is 23.7 Å². The Labute approximate surface area is 290 Å². The molecule has 0 atom stereocenters. The normalized spacial score (nSPS) is 17.2. The molecule has 7 aromatic rings. The lowest BCUT2D eigenvalue weighted by Gasteiger charge is -2.35. The lowest BCUT2D eigenvalue weighted by molar-refractivity contribution is 0.311. The summed E-state index contributed by atoms with van der Waals surface area (Å²) < 4.78 is 13.6. The van der Waals surface area contributed by atoms with Crippen LogP contribution in [0.3, 0.4) is 0 Å². The molecule has 9 rings (SSSR count). The molecule has 4 heteroatoms. The van der Waals surface area contributed by atoms with E-state index in [1.165, 1.54) is 74.9 Å². The number of rotatable bonds is 5. The third-order valence-electron chi connectivity index (χ3n) is 12.4. The summed E-state index contributed by atoms with van der Waals surface area (Å²) in [6, 6.07) is 25.5. The van der Waals surface area contributed by atoms with Crippen LogP contribution in [0.5, 0.6) is 0 Å². The predicted molar refractivity (Wildman–Crippen MR) is 210 cm³/mol. The minimum absolute atomic E-state index is 0.340. The first kappa shape index (κ1) is 30.8. The Hall–Kier alpha value is -4.18. The fourth-order valence-corrected chi connectivity index (χ4v) is 9.16. The van der Waals surface area contributed by atoms with E-state index in [0.29, 0.717) is 5.92 Å². The second kappa shape index (κ2) is 11.7. The van der Waals surface area contributed by atoms with Crippen LogP contribution in [0.25, 0.3) is 65.4 Å². The zero-order valence-corrected chi connectivity index (χ0v) is 30.1. The number of fused-ring (bicyclic) bond motifs is 9. The summed E-state index contributed by atoms with van der Waals surface area (Å²) in [4.78, 5) is 5.13. The van der Waals surface area contributed by atoms with E-state index in [4.69, 9.17) is 8.83 Å². The Morgan fingerprint density at radius 2 is 1.00 bits per heavy atom. The smallest absolute Gasteiger partial charge is 0.178 e. The van der Waals surface area contributed by atoms with Gasteiger partial charge in [-0.05, 0) is 137 Å². The first-order valence-corrected chi connectivity index (χ1v) is 18.9. The van der Waals surface area contributed by atoms with Gasteiger partial charge < -0.3 is 18.6 Å². The molecule has 4 heterocycles. The van der Waals surface area contributed by atoms with Gasteiger partial charge >= 0.3 is 0 Å². The van der Waals surface area contributed by atoms with E-state index >= 15 is 0 Å². The van der Waals surface area contributed by atoms with Crippen molar-refractivity contribution in [2.45, 2.75) is 73.1 Å². The van der Waals surface area contributed by atoms with Gasteiger partial charge in [-0.1, -0.05) is 53.7 Å². The zero-order chi connectivity index (χ0) is 33.6. The molecule has 0 unspecified atom stereocenters. The van der Waals surface area contributed by atoms with Gasteiger partial charge in [0.15, 0.2) is 11.2 Å². The maximum Gasteiger partial charge on any atom is 0.178 e. The molecule has 2 fully saturated rings. The molecule has 252 valence electrons. The predicted octanol–water partition coefficient (Wildman–Crippen LogP) is 12.7. The third kappa shape index (κ3) is 5.16. The Balaban J connectivity index is 1.14. The maximum absolute atomic E-state index is 6.83. The van der Waals surface area contributed by atoms with E-state index < -0.39 is 0 Å². The van der Waals surface area contributed by atoms with E-state index in [2.05, 4.69) is 118 Å². The highest BCUT2D eigenvalue weighted by Gasteiger charge is 2.25. The highest BCUT2D eigenvalue weighted by Crippen LogP contribution is 2.45. The molecular weight excluding hydrogens is 601 g/mol. The van der Waals surface area contributed by atoms with Crippen molar-refractivity contribution in [1.82, 2.24) is 0 Å². The van der Waals surface area contributed by atoms with Crippen molar-refractivity contribution in [3.63, 3.8) is 0 Å². The van der Waals surface area contributed by atoms with E-state index in [9.17, 15) is 0 Å². The second-order valence-corrected chi connectivity index (χ2v) is 16.3.